The van der Waals surface area contributed by atoms with Crippen LogP contribution in [-0.4, -0.2) is 59.1 Å². The van der Waals surface area contributed by atoms with Crippen molar-refractivity contribution in [3.8, 4) is 5.75 Å². The molecule has 170 valence electrons. The smallest absolute Gasteiger partial charge is 0.248 e. The van der Waals surface area contributed by atoms with Crippen LogP contribution in [0.4, 0.5) is 0 Å². The summed E-state index contributed by atoms with van der Waals surface area (Å²) in [6, 6.07) is 20.0. The van der Waals surface area contributed by atoms with Crippen molar-refractivity contribution >= 4 is 21.8 Å². The lowest BCUT2D eigenvalue weighted by molar-refractivity contribution is 0.120. The lowest BCUT2D eigenvalue weighted by atomic mass is 10.1. The summed E-state index contributed by atoms with van der Waals surface area (Å²) >= 11 is 0. The van der Waals surface area contributed by atoms with Gasteiger partial charge in [-0.25, -0.2) is 0 Å². The Labute approximate surface area is 193 Å². The van der Waals surface area contributed by atoms with Crippen LogP contribution in [0.1, 0.15) is 17.7 Å². The van der Waals surface area contributed by atoms with Crippen LogP contribution in [0, 0.1) is 6.92 Å². The summed E-state index contributed by atoms with van der Waals surface area (Å²) in [6.45, 7) is 8.87. The molecule has 1 aliphatic heterocycles. The van der Waals surface area contributed by atoms with Crippen LogP contribution in [0.15, 0.2) is 65.5 Å². The van der Waals surface area contributed by atoms with E-state index in [9.17, 15) is 4.79 Å². The van der Waals surface area contributed by atoms with Crippen LogP contribution in [-0.2, 0) is 6.54 Å². The van der Waals surface area contributed by atoms with Gasteiger partial charge in [-0.05, 0) is 43.2 Å². The SMILES string of the molecule is Cc1ccc(OCCCN2CCN(Cc3ccc4ccccc4n3)CC2)c2ccc(=O)[nH]c12. The van der Waals surface area contributed by atoms with E-state index in [-0.39, 0.29) is 5.56 Å². The number of nitrogens with one attached hydrogen (secondary N) is 1. The lowest BCUT2D eigenvalue weighted by Crippen LogP contribution is -2.46. The molecule has 0 saturated carbocycles. The van der Waals surface area contributed by atoms with E-state index in [0.717, 1.165) is 79.1 Å². The number of benzene rings is 2. The molecule has 1 N–H and O–H groups in total. The number of fused-ring (bicyclic) bond motifs is 2. The highest BCUT2D eigenvalue weighted by molar-refractivity contribution is 5.87. The first kappa shape index (κ1) is 21.6. The molecule has 33 heavy (non-hydrogen) atoms. The van der Waals surface area contributed by atoms with Crippen LogP contribution in [0.5, 0.6) is 5.75 Å². The van der Waals surface area contributed by atoms with Gasteiger partial charge in [0.1, 0.15) is 5.75 Å². The minimum Gasteiger partial charge on any atom is -0.493 e. The van der Waals surface area contributed by atoms with Gasteiger partial charge in [0.25, 0.3) is 0 Å². The molecule has 0 atom stereocenters. The number of aromatic nitrogens is 2. The van der Waals surface area contributed by atoms with Crippen LogP contribution in [0.25, 0.3) is 21.8 Å². The van der Waals surface area contributed by atoms with E-state index in [4.69, 9.17) is 9.72 Å². The average molecular weight is 443 g/mol. The molecule has 6 nitrogen and oxygen atoms in total. The molecule has 2 aromatic carbocycles. The van der Waals surface area contributed by atoms with Gasteiger partial charge in [-0.1, -0.05) is 30.3 Å². The van der Waals surface area contributed by atoms with Crippen LogP contribution < -0.4 is 10.3 Å². The molecule has 0 unspecified atom stereocenters. The second-order valence-electron chi connectivity index (χ2n) is 8.81. The zero-order valence-corrected chi connectivity index (χ0v) is 19.1. The highest BCUT2D eigenvalue weighted by Crippen LogP contribution is 2.26. The van der Waals surface area contributed by atoms with Gasteiger partial charge in [-0.3, -0.25) is 14.7 Å². The summed E-state index contributed by atoms with van der Waals surface area (Å²) in [4.78, 5) is 24.4. The summed E-state index contributed by atoms with van der Waals surface area (Å²) < 4.78 is 6.07. The molecule has 0 bridgehead atoms. The Hall–Kier alpha value is -3.22. The molecule has 4 aromatic rings. The predicted octanol–water partition coefficient (Wildman–Crippen LogP) is 3.97. The van der Waals surface area contributed by atoms with Crippen molar-refractivity contribution in [1.29, 1.82) is 0 Å². The van der Waals surface area contributed by atoms with E-state index in [2.05, 4.69) is 45.1 Å². The fourth-order valence-corrected chi connectivity index (χ4v) is 4.56. The van der Waals surface area contributed by atoms with Crippen molar-refractivity contribution in [3.63, 3.8) is 0 Å². The second-order valence-corrected chi connectivity index (χ2v) is 8.81. The molecule has 1 fully saturated rings. The maximum Gasteiger partial charge on any atom is 0.248 e. The number of aromatic amines is 1. The Morgan fingerprint density at radius 3 is 2.64 bits per heavy atom. The molecular formula is C27H30N4O2. The molecule has 2 aromatic heterocycles. The number of nitrogens with zero attached hydrogens (tertiary/aromatic N) is 3. The molecule has 1 saturated heterocycles. The highest BCUT2D eigenvalue weighted by Gasteiger charge is 2.17. The van der Waals surface area contributed by atoms with Gasteiger partial charge < -0.3 is 14.6 Å². The fraction of sp³-hybridized carbons (Fsp3) is 0.333. The van der Waals surface area contributed by atoms with Crippen molar-refractivity contribution in [2.75, 3.05) is 39.3 Å². The van der Waals surface area contributed by atoms with Gasteiger partial charge in [-0.15, -0.1) is 0 Å². The van der Waals surface area contributed by atoms with Gasteiger partial charge in [0.05, 0.1) is 23.3 Å². The van der Waals surface area contributed by atoms with Gasteiger partial charge in [0.15, 0.2) is 0 Å². The minimum atomic E-state index is -0.0849. The molecular weight excluding hydrogens is 412 g/mol. The van der Waals surface area contributed by atoms with Crippen molar-refractivity contribution in [2.45, 2.75) is 19.9 Å². The van der Waals surface area contributed by atoms with E-state index >= 15 is 0 Å². The van der Waals surface area contributed by atoms with E-state index in [0.29, 0.717) is 6.61 Å². The number of hydrogen-bond donors (Lipinski definition) is 1. The molecule has 1 aliphatic rings. The number of ether oxygens (including phenoxy) is 1. The maximum atomic E-state index is 11.7. The van der Waals surface area contributed by atoms with Crippen molar-refractivity contribution < 1.29 is 4.74 Å². The first-order valence-electron chi connectivity index (χ1n) is 11.7. The van der Waals surface area contributed by atoms with Crippen molar-refractivity contribution in [3.05, 3.63) is 82.3 Å². The quantitative estimate of drug-likeness (QED) is 0.439. The van der Waals surface area contributed by atoms with E-state index in [1.165, 1.54) is 5.39 Å². The Kier molecular flexibility index (Phi) is 6.37. The third-order valence-electron chi connectivity index (χ3n) is 6.45. The second kappa shape index (κ2) is 9.73. The van der Waals surface area contributed by atoms with Gasteiger partial charge >= 0.3 is 0 Å². The summed E-state index contributed by atoms with van der Waals surface area (Å²) in [5.74, 6) is 0.833. The van der Waals surface area contributed by atoms with Crippen molar-refractivity contribution in [1.82, 2.24) is 19.8 Å². The van der Waals surface area contributed by atoms with Gasteiger partial charge in [0, 0.05) is 56.1 Å². The van der Waals surface area contributed by atoms with Gasteiger partial charge in [-0.2, -0.15) is 0 Å². The first-order valence-corrected chi connectivity index (χ1v) is 11.7. The molecule has 3 heterocycles. The third-order valence-corrected chi connectivity index (χ3v) is 6.45. The van der Waals surface area contributed by atoms with Crippen LogP contribution >= 0.6 is 0 Å². The Morgan fingerprint density at radius 1 is 0.939 bits per heavy atom. The lowest BCUT2D eigenvalue weighted by Gasteiger charge is -2.34. The summed E-state index contributed by atoms with van der Waals surface area (Å²) in [5, 5.41) is 2.16. The third kappa shape index (κ3) is 5.07. The highest BCUT2D eigenvalue weighted by atomic mass is 16.5. The van der Waals surface area contributed by atoms with E-state index in [1.54, 1.807) is 6.07 Å². The Morgan fingerprint density at radius 2 is 1.76 bits per heavy atom. The zero-order valence-electron chi connectivity index (χ0n) is 19.1. The summed E-state index contributed by atoms with van der Waals surface area (Å²) in [5.41, 5.74) is 4.03. The molecule has 6 heteroatoms. The topological polar surface area (TPSA) is 61.5 Å². The standard InChI is InChI=1S/C27H30N4O2/c1-20-7-11-25(23-10-12-26(32)29-27(20)23)33-18-4-13-30-14-16-31(17-15-30)19-22-9-8-21-5-2-3-6-24(21)28-22/h2-3,5-12H,4,13-19H2,1H3,(H,29,32). The molecule has 0 radical (unpaired) electrons. The molecule has 0 spiro atoms. The number of pyridine rings is 2. The Balaban J connectivity index is 1.08. The summed E-state index contributed by atoms with van der Waals surface area (Å²) in [6.07, 6.45) is 0.977. The summed E-state index contributed by atoms with van der Waals surface area (Å²) in [7, 11) is 0. The predicted molar refractivity (Wildman–Crippen MR) is 133 cm³/mol. The number of piperazine rings is 1. The molecule has 5 rings (SSSR count). The maximum absolute atomic E-state index is 11.7. The number of aryl methyl sites for hydroxylation is 1. The molecule has 0 amide bonds. The number of hydrogen-bond acceptors (Lipinski definition) is 5. The van der Waals surface area contributed by atoms with Gasteiger partial charge in [0.2, 0.25) is 5.56 Å². The fourth-order valence-electron chi connectivity index (χ4n) is 4.56. The normalized spacial score (nSPS) is 15.3. The number of rotatable bonds is 7. The van der Waals surface area contributed by atoms with Crippen LogP contribution in [0.3, 0.4) is 0 Å². The Bertz CT molecular complexity index is 1310. The minimum absolute atomic E-state index is 0.0849. The van der Waals surface area contributed by atoms with Crippen molar-refractivity contribution in [2.24, 2.45) is 0 Å². The number of H-pyrrole nitrogens is 1. The monoisotopic (exact) mass is 442 g/mol. The largest absolute Gasteiger partial charge is 0.493 e. The first-order chi connectivity index (χ1) is 16.2. The van der Waals surface area contributed by atoms with E-state index in [1.807, 2.05) is 31.2 Å². The van der Waals surface area contributed by atoms with E-state index < -0.39 is 0 Å². The zero-order chi connectivity index (χ0) is 22.6. The van der Waals surface area contributed by atoms with Crippen LogP contribution in [0.2, 0.25) is 0 Å². The average Bonchev–Trinajstić information content (AvgIpc) is 2.84. The molecule has 0 aliphatic carbocycles. The number of para-hydroxylation sites is 1.